The van der Waals surface area contributed by atoms with E-state index in [-0.39, 0.29) is 16.7 Å². The second-order valence-electron chi connectivity index (χ2n) is 8.06. The van der Waals surface area contributed by atoms with Crippen LogP contribution in [-0.4, -0.2) is 23.2 Å². The van der Waals surface area contributed by atoms with E-state index in [4.69, 9.17) is 4.74 Å². The largest absolute Gasteiger partial charge is 0.424 e. The van der Waals surface area contributed by atoms with E-state index in [1.54, 1.807) is 32.3 Å². The number of benzene rings is 2. The van der Waals surface area contributed by atoms with Gasteiger partial charge < -0.3 is 4.74 Å². The molecule has 0 unspecified atom stereocenters. The summed E-state index contributed by atoms with van der Waals surface area (Å²) in [5.74, 6) is 0.430. The van der Waals surface area contributed by atoms with Gasteiger partial charge in [-0.3, -0.25) is 4.57 Å². The van der Waals surface area contributed by atoms with Gasteiger partial charge in [-0.15, -0.1) is 5.10 Å². The Balaban J connectivity index is 1.95. The first-order valence-corrected chi connectivity index (χ1v) is 11.4. The van der Waals surface area contributed by atoms with Crippen molar-refractivity contribution in [2.45, 2.75) is 58.5 Å². The van der Waals surface area contributed by atoms with Crippen LogP contribution in [0.2, 0.25) is 0 Å². The summed E-state index contributed by atoms with van der Waals surface area (Å²) < 4.78 is 49.9. The predicted molar refractivity (Wildman–Crippen MR) is 116 cm³/mol. The minimum Gasteiger partial charge on any atom is -0.424 e. The maximum atomic E-state index is 13.3. The van der Waals surface area contributed by atoms with E-state index in [0.29, 0.717) is 29.2 Å². The molecule has 0 radical (unpaired) electrons. The molecule has 0 fully saturated rings. The van der Waals surface area contributed by atoms with Crippen molar-refractivity contribution in [3.63, 3.8) is 0 Å². The molecule has 0 aliphatic carbocycles. The van der Waals surface area contributed by atoms with Crippen molar-refractivity contribution in [2.75, 3.05) is 0 Å². The molecule has 1 heterocycles. The number of ether oxygens (including phenoxy) is 1. The number of nitrogens with one attached hydrogen (secondary N) is 1. The molecule has 0 bridgehead atoms. The van der Waals surface area contributed by atoms with Crippen molar-refractivity contribution >= 4 is 10.0 Å². The van der Waals surface area contributed by atoms with Crippen LogP contribution in [0.25, 0.3) is 0 Å². The third-order valence-corrected chi connectivity index (χ3v) is 6.84. The minimum atomic E-state index is -3.84. The lowest BCUT2D eigenvalue weighted by Crippen LogP contribution is -2.43. The molecule has 0 aliphatic rings. The summed E-state index contributed by atoms with van der Waals surface area (Å²) >= 11 is 0. The quantitative estimate of drug-likeness (QED) is 0.582. The summed E-state index contributed by atoms with van der Waals surface area (Å²) in [7, 11) is -3.84. The zero-order chi connectivity index (χ0) is 23.0. The van der Waals surface area contributed by atoms with Crippen LogP contribution in [0.4, 0.5) is 4.39 Å². The number of halogens is 1. The third kappa shape index (κ3) is 4.77. The van der Waals surface area contributed by atoms with Crippen LogP contribution in [0.3, 0.4) is 0 Å². The molecule has 9 heteroatoms. The second kappa shape index (κ2) is 8.39. The van der Waals surface area contributed by atoms with E-state index in [1.165, 1.54) is 24.3 Å². The molecular formula is C22H27FN4O3S. The minimum absolute atomic E-state index is 0.194. The fourth-order valence-corrected chi connectivity index (χ4v) is 5.57. The van der Waals surface area contributed by atoms with Crippen LogP contribution in [0, 0.1) is 26.6 Å². The van der Waals surface area contributed by atoms with Crippen LogP contribution in [0.1, 0.15) is 43.3 Å². The summed E-state index contributed by atoms with van der Waals surface area (Å²) in [4.78, 5) is 0.261. The first kappa shape index (κ1) is 22.9. The summed E-state index contributed by atoms with van der Waals surface area (Å²) in [6.07, 6.45) is 0. The molecule has 3 rings (SSSR count). The Hall–Kier alpha value is -2.78. The van der Waals surface area contributed by atoms with Crippen molar-refractivity contribution in [1.82, 2.24) is 19.5 Å². The van der Waals surface area contributed by atoms with E-state index in [2.05, 4.69) is 14.9 Å². The Kier molecular flexibility index (Phi) is 6.20. The first-order valence-electron chi connectivity index (χ1n) is 9.93. The molecule has 0 saturated heterocycles. The van der Waals surface area contributed by atoms with Crippen molar-refractivity contribution < 1.29 is 17.5 Å². The van der Waals surface area contributed by atoms with Gasteiger partial charge in [0, 0.05) is 6.54 Å². The van der Waals surface area contributed by atoms with Gasteiger partial charge in [-0.25, -0.2) is 12.8 Å². The Bertz CT molecular complexity index is 1180. The number of hydrogen-bond acceptors (Lipinski definition) is 5. The summed E-state index contributed by atoms with van der Waals surface area (Å²) in [6, 6.07) is 9.43. The topological polar surface area (TPSA) is 86.1 Å². The van der Waals surface area contributed by atoms with Gasteiger partial charge in [0.15, 0.2) is 5.82 Å². The highest BCUT2D eigenvalue weighted by molar-refractivity contribution is 7.89. The van der Waals surface area contributed by atoms with Gasteiger partial charge in [-0.1, -0.05) is 22.8 Å². The molecule has 7 nitrogen and oxygen atoms in total. The molecule has 1 N–H and O–H groups in total. The predicted octanol–water partition coefficient (Wildman–Crippen LogP) is 4.37. The van der Waals surface area contributed by atoms with E-state index >= 15 is 0 Å². The van der Waals surface area contributed by atoms with Gasteiger partial charge in [-0.05, 0) is 76.9 Å². The monoisotopic (exact) mass is 446 g/mol. The van der Waals surface area contributed by atoms with Crippen LogP contribution < -0.4 is 9.46 Å². The van der Waals surface area contributed by atoms with Crippen LogP contribution in [-0.2, 0) is 22.1 Å². The third-order valence-electron chi connectivity index (χ3n) is 4.88. The van der Waals surface area contributed by atoms with E-state index < -0.39 is 15.6 Å². The maximum Gasteiger partial charge on any atom is 0.322 e. The smallest absolute Gasteiger partial charge is 0.322 e. The summed E-state index contributed by atoms with van der Waals surface area (Å²) in [5, 5.41) is 8.28. The van der Waals surface area contributed by atoms with E-state index in [0.717, 1.165) is 5.56 Å². The molecule has 0 aliphatic heterocycles. The molecule has 0 amide bonds. The number of aromatic nitrogens is 3. The molecule has 0 spiro atoms. The van der Waals surface area contributed by atoms with Gasteiger partial charge in [0.2, 0.25) is 10.0 Å². The molecule has 31 heavy (non-hydrogen) atoms. The fourth-order valence-electron chi connectivity index (χ4n) is 3.74. The molecule has 1 aromatic heterocycles. The molecule has 166 valence electrons. The lowest BCUT2D eigenvalue weighted by atomic mass is 10.1. The standard InChI is InChI=1S/C22H27FN4O3S/c1-7-27-20(24-25-21(27)30-18-10-8-17(23)9-11-18)22(5,6)26-31(28,29)19-15(3)12-14(2)13-16(19)4/h8-13,26H,7H2,1-6H3. The van der Waals surface area contributed by atoms with Gasteiger partial charge in [0.05, 0.1) is 10.4 Å². The molecule has 0 saturated carbocycles. The lowest BCUT2D eigenvalue weighted by molar-refractivity contribution is 0.385. The highest BCUT2D eigenvalue weighted by Gasteiger charge is 2.35. The zero-order valence-electron chi connectivity index (χ0n) is 18.5. The molecular weight excluding hydrogens is 419 g/mol. The van der Waals surface area contributed by atoms with E-state index in [9.17, 15) is 12.8 Å². The number of hydrogen-bond donors (Lipinski definition) is 1. The maximum absolute atomic E-state index is 13.3. The van der Waals surface area contributed by atoms with Crippen molar-refractivity contribution in [1.29, 1.82) is 0 Å². The zero-order valence-corrected chi connectivity index (χ0v) is 19.3. The summed E-state index contributed by atoms with van der Waals surface area (Å²) in [6.45, 7) is 11.3. The molecule has 3 aromatic rings. The second-order valence-corrected chi connectivity index (χ2v) is 9.68. The Morgan fingerprint density at radius 2 is 1.65 bits per heavy atom. The molecule has 0 atom stereocenters. The number of aryl methyl sites for hydroxylation is 3. The Labute approximate surface area is 182 Å². The van der Waals surface area contributed by atoms with Gasteiger partial charge >= 0.3 is 6.01 Å². The van der Waals surface area contributed by atoms with Crippen molar-refractivity contribution in [3.8, 4) is 11.8 Å². The highest BCUT2D eigenvalue weighted by atomic mass is 32.2. The van der Waals surface area contributed by atoms with Crippen molar-refractivity contribution in [3.05, 3.63) is 64.7 Å². The van der Waals surface area contributed by atoms with E-state index in [1.807, 2.05) is 26.0 Å². The normalized spacial score (nSPS) is 12.2. The highest BCUT2D eigenvalue weighted by Crippen LogP contribution is 2.29. The molecule has 2 aromatic carbocycles. The number of nitrogens with zero attached hydrogens (tertiary/aromatic N) is 3. The van der Waals surface area contributed by atoms with Gasteiger partial charge in [0.25, 0.3) is 0 Å². The van der Waals surface area contributed by atoms with Crippen molar-refractivity contribution in [2.24, 2.45) is 0 Å². The van der Waals surface area contributed by atoms with Crippen LogP contribution in [0.5, 0.6) is 11.8 Å². The van der Waals surface area contributed by atoms with Gasteiger partial charge in [0.1, 0.15) is 11.6 Å². The van der Waals surface area contributed by atoms with Crippen LogP contribution >= 0.6 is 0 Å². The van der Waals surface area contributed by atoms with Gasteiger partial charge in [-0.2, -0.15) is 4.72 Å². The Morgan fingerprint density at radius 1 is 1.06 bits per heavy atom. The number of rotatable bonds is 7. The number of sulfonamides is 1. The Morgan fingerprint density at radius 3 is 2.19 bits per heavy atom. The van der Waals surface area contributed by atoms with Crippen LogP contribution in [0.15, 0.2) is 41.3 Å². The SMILES string of the molecule is CCn1c(Oc2ccc(F)cc2)nnc1C(C)(C)NS(=O)(=O)c1c(C)cc(C)cc1C. The lowest BCUT2D eigenvalue weighted by Gasteiger charge is -2.26. The average Bonchev–Trinajstić information content (AvgIpc) is 3.05. The average molecular weight is 447 g/mol. The summed E-state index contributed by atoms with van der Waals surface area (Å²) in [5.41, 5.74) is 1.29. The fraction of sp³-hybridized carbons (Fsp3) is 0.364. The first-order chi connectivity index (χ1) is 14.4.